The van der Waals surface area contributed by atoms with Crippen LogP contribution < -0.4 is 0 Å². The van der Waals surface area contributed by atoms with Gasteiger partial charge in [0.05, 0.1) is 0 Å². The van der Waals surface area contributed by atoms with Crippen LogP contribution in [0, 0.1) is 0 Å². The maximum Gasteiger partial charge on any atom is 0.292 e. The molecule has 0 aromatic heterocycles. The largest absolute Gasteiger partial charge is 0.519 e. The number of benzene rings is 1. The van der Waals surface area contributed by atoms with E-state index in [1.54, 1.807) is 0 Å². The lowest BCUT2D eigenvalue weighted by Gasteiger charge is -2.35. The van der Waals surface area contributed by atoms with Crippen LogP contribution in [0.1, 0.15) is 39.2 Å². The summed E-state index contributed by atoms with van der Waals surface area (Å²) in [5, 5.41) is 0.0854. The van der Waals surface area contributed by atoms with Gasteiger partial charge in [0.15, 0.2) is 0 Å². The van der Waals surface area contributed by atoms with Crippen LogP contribution in [0.25, 0.3) is 0 Å². The third-order valence-electron chi connectivity index (χ3n) is 3.86. The summed E-state index contributed by atoms with van der Waals surface area (Å²) in [6.45, 7) is 10.7. The quantitative estimate of drug-likeness (QED) is 0.738. The normalized spacial score (nSPS) is 12.3. The molecule has 0 heterocycles. The number of hydrogen-bond donors (Lipinski definition) is 0. The monoisotopic (exact) mass is 278 g/mol. The fourth-order valence-corrected chi connectivity index (χ4v) is 2.55. The van der Waals surface area contributed by atoms with Crippen molar-refractivity contribution in [2.45, 2.75) is 58.2 Å². The van der Waals surface area contributed by atoms with Crippen LogP contribution in [-0.2, 0) is 15.6 Å². The Balaban J connectivity index is 2.37. The zero-order valence-corrected chi connectivity index (χ0v) is 13.8. The van der Waals surface area contributed by atoms with Gasteiger partial charge in [-0.3, -0.25) is 4.79 Å². The van der Waals surface area contributed by atoms with Crippen molar-refractivity contribution in [2.24, 2.45) is 0 Å². The topological polar surface area (TPSA) is 26.3 Å². The zero-order valence-electron chi connectivity index (χ0n) is 12.8. The molecule has 1 rings (SSSR count). The van der Waals surface area contributed by atoms with Crippen LogP contribution >= 0.6 is 0 Å². The highest BCUT2D eigenvalue weighted by molar-refractivity contribution is 6.75. The van der Waals surface area contributed by atoms with Crippen molar-refractivity contribution < 1.29 is 9.22 Å². The van der Waals surface area contributed by atoms with Crippen LogP contribution in [0.5, 0.6) is 0 Å². The molecule has 0 saturated heterocycles. The molecule has 106 valence electrons. The fourth-order valence-electron chi connectivity index (χ4n) is 1.57. The van der Waals surface area contributed by atoms with E-state index in [1.165, 1.54) is 5.56 Å². The highest BCUT2D eigenvalue weighted by Gasteiger charge is 2.40. The third kappa shape index (κ3) is 5.19. The molecule has 0 radical (unpaired) electrons. The second-order valence-electron chi connectivity index (χ2n) is 6.57. The summed E-state index contributed by atoms with van der Waals surface area (Å²) in [5.41, 5.74) is 1.28. The van der Waals surface area contributed by atoms with Gasteiger partial charge in [0.1, 0.15) is 0 Å². The predicted octanol–water partition coefficient (Wildman–Crippen LogP) is 4.56. The molecule has 1 aromatic rings. The van der Waals surface area contributed by atoms with Crippen LogP contribution in [0.15, 0.2) is 30.3 Å². The number of hydrogen-bond acceptors (Lipinski definition) is 2. The molecule has 0 aliphatic rings. The first-order chi connectivity index (χ1) is 8.72. The molecule has 1 aromatic carbocycles. The first-order valence-electron chi connectivity index (χ1n) is 6.98. The van der Waals surface area contributed by atoms with E-state index in [4.69, 9.17) is 4.43 Å². The minimum Gasteiger partial charge on any atom is -0.519 e. The second-order valence-corrected chi connectivity index (χ2v) is 11.3. The fraction of sp³-hybridized carbons (Fsp3) is 0.562. The Morgan fingerprint density at radius 1 is 1.16 bits per heavy atom. The lowest BCUT2D eigenvalue weighted by atomic mass is 10.1. The van der Waals surface area contributed by atoms with E-state index in [0.29, 0.717) is 6.42 Å². The summed E-state index contributed by atoms with van der Waals surface area (Å²) in [4.78, 5) is 11.9. The average Bonchev–Trinajstić information content (AvgIpc) is 2.28. The molecule has 0 spiro atoms. The maximum absolute atomic E-state index is 11.9. The van der Waals surface area contributed by atoms with Gasteiger partial charge >= 0.3 is 0 Å². The lowest BCUT2D eigenvalue weighted by molar-refractivity contribution is -0.135. The molecule has 0 atom stereocenters. The molecule has 0 unspecified atom stereocenters. The number of aryl methyl sites for hydroxylation is 1. The highest BCUT2D eigenvalue weighted by atomic mass is 28.4. The molecule has 19 heavy (non-hydrogen) atoms. The van der Waals surface area contributed by atoms with E-state index in [2.05, 4.69) is 46.0 Å². The molecule has 0 amide bonds. The Morgan fingerprint density at radius 2 is 1.74 bits per heavy atom. The van der Waals surface area contributed by atoms with E-state index in [0.717, 1.165) is 12.8 Å². The van der Waals surface area contributed by atoms with E-state index in [9.17, 15) is 4.79 Å². The Morgan fingerprint density at radius 3 is 2.26 bits per heavy atom. The Kier molecular flexibility index (Phi) is 5.35. The van der Waals surface area contributed by atoms with Crippen molar-refractivity contribution in [1.29, 1.82) is 0 Å². The number of rotatable bonds is 5. The van der Waals surface area contributed by atoms with Gasteiger partial charge in [-0.15, -0.1) is 0 Å². The van der Waals surface area contributed by atoms with Crippen molar-refractivity contribution in [3.8, 4) is 0 Å². The molecular formula is C16H26O2Si. The van der Waals surface area contributed by atoms with Gasteiger partial charge in [0, 0.05) is 6.42 Å². The summed E-state index contributed by atoms with van der Waals surface area (Å²) < 4.78 is 5.74. The molecule has 3 heteroatoms. The summed E-state index contributed by atoms with van der Waals surface area (Å²) in [6.07, 6.45) is 2.31. The van der Waals surface area contributed by atoms with E-state index in [1.807, 2.05) is 18.2 Å². The predicted molar refractivity (Wildman–Crippen MR) is 82.7 cm³/mol. The summed E-state index contributed by atoms with van der Waals surface area (Å²) in [6, 6.07) is 10.3. The summed E-state index contributed by atoms with van der Waals surface area (Å²) in [7, 11) is -1.95. The third-order valence-corrected chi connectivity index (χ3v) is 8.21. The smallest absolute Gasteiger partial charge is 0.292 e. The average molecular weight is 278 g/mol. The summed E-state index contributed by atoms with van der Waals surface area (Å²) in [5.74, 6) is -0.0393. The zero-order chi connectivity index (χ0) is 14.5. The first kappa shape index (κ1) is 16.0. The molecular weight excluding hydrogens is 252 g/mol. The lowest BCUT2D eigenvalue weighted by Crippen LogP contribution is -2.42. The highest BCUT2D eigenvalue weighted by Crippen LogP contribution is 2.36. The van der Waals surface area contributed by atoms with E-state index >= 15 is 0 Å². The minimum atomic E-state index is -1.95. The number of carbonyl (C=O) groups is 1. The van der Waals surface area contributed by atoms with Crippen molar-refractivity contribution in [1.82, 2.24) is 0 Å². The Bertz CT molecular complexity index is 405. The van der Waals surface area contributed by atoms with Crippen LogP contribution in [0.4, 0.5) is 0 Å². The molecule has 2 nitrogen and oxygen atoms in total. The molecule has 0 aliphatic carbocycles. The molecule has 0 fully saturated rings. The molecule has 0 bridgehead atoms. The Labute approximate surface area is 118 Å². The van der Waals surface area contributed by atoms with Crippen molar-refractivity contribution in [3.05, 3.63) is 35.9 Å². The maximum atomic E-state index is 11.9. The van der Waals surface area contributed by atoms with Gasteiger partial charge in [-0.05, 0) is 36.5 Å². The second kappa shape index (κ2) is 6.37. The molecule has 0 saturated carbocycles. The van der Waals surface area contributed by atoms with Crippen molar-refractivity contribution in [2.75, 3.05) is 0 Å². The van der Waals surface area contributed by atoms with Crippen LogP contribution in [0.2, 0.25) is 18.1 Å². The van der Waals surface area contributed by atoms with Gasteiger partial charge in [0.2, 0.25) is 0 Å². The van der Waals surface area contributed by atoms with Crippen LogP contribution in [-0.4, -0.2) is 14.3 Å². The van der Waals surface area contributed by atoms with Crippen molar-refractivity contribution >= 4 is 14.3 Å². The molecule has 0 N–H and O–H groups in total. The summed E-state index contributed by atoms with van der Waals surface area (Å²) >= 11 is 0. The number of carbonyl (C=O) groups excluding carboxylic acids is 1. The van der Waals surface area contributed by atoms with Gasteiger partial charge < -0.3 is 4.43 Å². The SMILES string of the molecule is CC(C)(C)[Si](C)(C)OC(=O)CCCc1ccccc1. The standard InChI is InChI=1S/C16H26O2Si/c1-16(2,3)19(4,5)18-15(17)13-9-12-14-10-7-6-8-11-14/h6-8,10-11H,9,12-13H2,1-5H3. The Hall–Kier alpha value is -1.09. The van der Waals surface area contributed by atoms with E-state index < -0.39 is 8.32 Å². The van der Waals surface area contributed by atoms with Crippen molar-refractivity contribution in [3.63, 3.8) is 0 Å². The minimum absolute atomic E-state index is 0.0393. The van der Waals surface area contributed by atoms with Gasteiger partial charge in [-0.25, -0.2) is 0 Å². The first-order valence-corrected chi connectivity index (χ1v) is 9.89. The van der Waals surface area contributed by atoms with Gasteiger partial charge in [0.25, 0.3) is 14.3 Å². The molecule has 0 aliphatic heterocycles. The van der Waals surface area contributed by atoms with Crippen LogP contribution in [0.3, 0.4) is 0 Å². The van der Waals surface area contributed by atoms with E-state index in [-0.39, 0.29) is 11.0 Å². The van der Waals surface area contributed by atoms with Gasteiger partial charge in [-0.1, -0.05) is 51.1 Å². The van der Waals surface area contributed by atoms with Gasteiger partial charge in [-0.2, -0.15) is 0 Å².